The molecule has 6 heteroatoms. The molecule has 2 heterocycles. The monoisotopic (exact) mass is 334 g/mol. The van der Waals surface area contributed by atoms with Crippen molar-refractivity contribution in [2.75, 3.05) is 13.1 Å². The average molecular weight is 335 g/mol. The van der Waals surface area contributed by atoms with Crippen molar-refractivity contribution >= 4 is 17.5 Å². The third kappa shape index (κ3) is 3.99. The molecule has 1 aliphatic rings. The summed E-state index contributed by atoms with van der Waals surface area (Å²) in [6.07, 6.45) is 4.30. The minimum absolute atomic E-state index is 0.0293. The van der Waals surface area contributed by atoms with Crippen LogP contribution < -0.4 is 4.74 Å². The fraction of sp³-hybridized carbons (Fsp3) is 0.294. The zero-order chi connectivity index (χ0) is 16.2. The topological polar surface area (TPSA) is 42.4 Å². The second-order valence-corrected chi connectivity index (χ2v) is 5.88. The first-order valence-electron chi connectivity index (χ1n) is 7.40. The van der Waals surface area contributed by atoms with Gasteiger partial charge in [-0.15, -0.1) is 0 Å². The van der Waals surface area contributed by atoms with E-state index in [0.29, 0.717) is 25.9 Å². The lowest BCUT2D eigenvalue weighted by Gasteiger charge is -2.39. The van der Waals surface area contributed by atoms with Gasteiger partial charge >= 0.3 is 0 Å². The summed E-state index contributed by atoms with van der Waals surface area (Å²) in [5.74, 6) is 0.388. The molecule has 0 radical (unpaired) electrons. The second-order valence-electron chi connectivity index (χ2n) is 5.47. The maximum atomic E-state index is 13.1. The number of hydrogen-bond donors (Lipinski definition) is 0. The number of halogens is 2. The molecule has 1 aromatic carbocycles. The first kappa shape index (κ1) is 15.7. The number of benzene rings is 1. The van der Waals surface area contributed by atoms with Gasteiger partial charge in [0.15, 0.2) is 0 Å². The van der Waals surface area contributed by atoms with Gasteiger partial charge in [-0.3, -0.25) is 9.78 Å². The van der Waals surface area contributed by atoms with E-state index in [1.54, 1.807) is 41.6 Å². The molecule has 1 saturated heterocycles. The van der Waals surface area contributed by atoms with Gasteiger partial charge in [0, 0.05) is 18.8 Å². The number of amides is 1. The van der Waals surface area contributed by atoms with E-state index in [1.807, 2.05) is 0 Å². The predicted molar refractivity (Wildman–Crippen MR) is 85.0 cm³/mol. The van der Waals surface area contributed by atoms with E-state index in [-0.39, 0.29) is 17.0 Å². The molecule has 0 unspecified atom stereocenters. The van der Waals surface area contributed by atoms with Crippen LogP contribution in [0.5, 0.6) is 5.75 Å². The van der Waals surface area contributed by atoms with Crippen molar-refractivity contribution in [1.29, 1.82) is 0 Å². The number of ether oxygens (including phenoxy) is 1. The normalized spacial score (nSPS) is 14.4. The summed E-state index contributed by atoms with van der Waals surface area (Å²) in [6, 6.07) is 8.13. The smallest absolute Gasteiger partial charge is 0.223 e. The van der Waals surface area contributed by atoms with Crippen LogP contribution in [0, 0.1) is 5.82 Å². The second kappa shape index (κ2) is 6.96. The SMILES string of the molecule is O=C(CCc1ccc(F)c(Cl)c1)N1CC(Oc2ccncc2)C1. The molecule has 4 nitrogen and oxygen atoms in total. The summed E-state index contributed by atoms with van der Waals surface area (Å²) in [5.41, 5.74) is 0.856. The summed E-state index contributed by atoms with van der Waals surface area (Å²) < 4.78 is 18.8. The Kier molecular flexibility index (Phi) is 4.76. The van der Waals surface area contributed by atoms with Crippen LogP contribution in [0.25, 0.3) is 0 Å². The molecule has 1 aliphatic heterocycles. The van der Waals surface area contributed by atoms with Crippen LogP contribution in [-0.2, 0) is 11.2 Å². The van der Waals surface area contributed by atoms with Crippen LogP contribution in [-0.4, -0.2) is 35.0 Å². The number of hydrogen-bond acceptors (Lipinski definition) is 3. The number of nitrogens with zero attached hydrogens (tertiary/aromatic N) is 2. The molecular weight excluding hydrogens is 319 g/mol. The molecule has 0 aliphatic carbocycles. The maximum Gasteiger partial charge on any atom is 0.223 e. The van der Waals surface area contributed by atoms with E-state index >= 15 is 0 Å². The lowest BCUT2D eigenvalue weighted by molar-refractivity contribution is -0.139. The predicted octanol–water partition coefficient (Wildman–Crippen LogP) is 3.10. The lowest BCUT2D eigenvalue weighted by Crippen LogP contribution is -2.56. The van der Waals surface area contributed by atoms with Gasteiger partial charge < -0.3 is 9.64 Å². The Hall–Kier alpha value is -2.14. The highest BCUT2D eigenvalue weighted by atomic mass is 35.5. The molecule has 1 amide bonds. The molecule has 1 fully saturated rings. The van der Waals surface area contributed by atoms with Crippen LogP contribution >= 0.6 is 11.6 Å². The standard InChI is InChI=1S/C17H16ClFN2O2/c18-15-9-12(1-3-16(15)19)2-4-17(22)21-10-14(11-21)23-13-5-7-20-8-6-13/h1,3,5-9,14H,2,4,10-11H2. The summed E-state index contributed by atoms with van der Waals surface area (Å²) in [5, 5.41) is 0.0877. The molecule has 0 atom stereocenters. The average Bonchev–Trinajstić information content (AvgIpc) is 2.52. The molecule has 0 saturated carbocycles. The number of pyridine rings is 1. The van der Waals surface area contributed by atoms with Crippen LogP contribution in [0.4, 0.5) is 4.39 Å². The zero-order valence-electron chi connectivity index (χ0n) is 12.4. The Balaban J connectivity index is 1.43. The Bertz CT molecular complexity index is 690. The number of aromatic nitrogens is 1. The van der Waals surface area contributed by atoms with Gasteiger partial charge in [-0.25, -0.2) is 4.39 Å². The van der Waals surface area contributed by atoms with E-state index < -0.39 is 5.82 Å². The van der Waals surface area contributed by atoms with Gasteiger partial charge in [-0.2, -0.15) is 0 Å². The van der Waals surface area contributed by atoms with Crippen molar-refractivity contribution in [2.24, 2.45) is 0 Å². The highest BCUT2D eigenvalue weighted by Crippen LogP contribution is 2.20. The Morgan fingerprint density at radius 2 is 2.04 bits per heavy atom. The van der Waals surface area contributed by atoms with E-state index in [1.165, 1.54) is 6.07 Å². The summed E-state index contributed by atoms with van der Waals surface area (Å²) in [7, 11) is 0. The number of carbonyl (C=O) groups is 1. The number of carbonyl (C=O) groups excluding carboxylic acids is 1. The first-order chi connectivity index (χ1) is 11.1. The highest BCUT2D eigenvalue weighted by molar-refractivity contribution is 6.30. The zero-order valence-corrected chi connectivity index (χ0v) is 13.2. The first-order valence-corrected chi connectivity index (χ1v) is 7.78. The minimum atomic E-state index is -0.444. The highest BCUT2D eigenvalue weighted by Gasteiger charge is 2.31. The molecule has 120 valence electrons. The Morgan fingerprint density at radius 1 is 1.30 bits per heavy atom. The largest absolute Gasteiger partial charge is 0.487 e. The fourth-order valence-electron chi connectivity index (χ4n) is 2.43. The molecule has 23 heavy (non-hydrogen) atoms. The van der Waals surface area contributed by atoms with Crippen LogP contribution in [0.2, 0.25) is 5.02 Å². The van der Waals surface area contributed by atoms with Crippen molar-refractivity contribution in [2.45, 2.75) is 18.9 Å². The van der Waals surface area contributed by atoms with Gasteiger partial charge in [-0.1, -0.05) is 17.7 Å². The van der Waals surface area contributed by atoms with Crippen molar-refractivity contribution in [3.63, 3.8) is 0 Å². The molecule has 0 N–H and O–H groups in total. The maximum absolute atomic E-state index is 13.1. The third-order valence-corrected chi connectivity index (χ3v) is 4.05. The van der Waals surface area contributed by atoms with E-state index in [0.717, 1.165) is 11.3 Å². The van der Waals surface area contributed by atoms with Crippen molar-refractivity contribution in [3.8, 4) is 5.75 Å². The van der Waals surface area contributed by atoms with Gasteiger partial charge in [-0.05, 0) is 36.2 Å². The van der Waals surface area contributed by atoms with Crippen LogP contribution in [0.3, 0.4) is 0 Å². The van der Waals surface area contributed by atoms with Crippen molar-refractivity contribution < 1.29 is 13.9 Å². The Labute approximate surface area is 138 Å². The van der Waals surface area contributed by atoms with Crippen molar-refractivity contribution in [1.82, 2.24) is 9.88 Å². The van der Waals surface area contributed by atoms with Gasteiger partial charge in [0.05, 0.1) is 18.1 Å². The summed E-state index contributed by atoms with van der Waals surface area (Å²) in [4.78, 5) is 17.8. The molecule has 0 bridgehead atoms. The van der Waals surface area contributed by atoms with Crippen molar-refractivity contribution in [3.05, 3.63) is 59.1 Å². The van der Waals surface area contributed by atoms with E-state index in [2.05, 4.69) is 4.98 Å². The van der Waals surface area contributed by atoms with Crippen LogP contribution in [0.15, 0.2) is 42.7 Å². The summed E-state index contributed by atoms with van der Waals surface area (Å²) in [6.45, 7) is 1.18. The van der Waals surface area contributed by atoms with Gasteiger partial charge in [0.25, 0.3) is 0 Å². The summed E-state index contributed by atoms with van der Waals surface area (Å²) >= 11 is 5.73. The third-order valence-electron chi connectivity index (χ3n) is 3.76. The van der Waals surface area contributed by atoms with E-state index in [9.17, 15) is 9.18 Å². The van der Waals surface area contributed by atoms with Gasteiger partial charge in [0.2, 0.25) is 5.91 Å². The molecule has 0 spiro atoms. The molecular formula is C17H16ClFN2O2. The van der Waals surface area contributed by atoms with Gasteiger partial charge in [0.1, 0.15) is 17.7 Å². The quantitative estimate of drug-likeness (QED) is 0.844. The Morgan fingerprint density at radius 3 is 2.74 bits per heavy atom. The molecule has 2 aromatic rings. The number of rotatable bonds is 5. The molecule has 1 aromatic heterocycles. The van der Waals surface area contributed by atoms with Crippen LogP contribution in [0.1, 0.15) is 12.0 Å². The number of likely N-dealkylation sites (tertiary alicyclic amines) is 1. The minimum Gasteiger partial charge on any atom is -0.487 e. The molecule has 3 rings (SSSR count). The number of aryl methyl sites for hydroxylation is 1. The fourth-order valence-corrected chi connectivity index (χ4v) is 2.63. The lowest BCUT2D eigenvalue weighted by atomic mass is 10.1. The van der Waals surface area contributed by atoms with E-state index in [4.69, 9.17) is 16.3 Å².